The highest BCUT2D eigenvalue weighted by molar-refractivity contribution is 7.85. The van der Waals surface area contributed by atoms with E-state index in [9.17, 15) is 79.1 Å². The van der Waals surface area contributed by atoms with Crippen LogP contribution in [0.1, 0.15) is 10.4 Å². The molecule has 1 aromatic rings. The maximum absolute atomic E-state index is 13.9. The summed E-state index contributed by atoms with van der Waals surface area (Å²) in [6.07, 6.45) is -7.76. The van der Waals surface area contributed by atoms with Gasteiger partial charge in [-0.2, -0.15) is 74.3 Å². The summed E-state index contributed by atoms with van der Waals surface area (Å²) < 4.78 is 227. The van der Waals surface area contributed by atoms with Crippen LogP contribution in [0.25, 0.3) is 0 Å². The fourth-order valence-corrected chi connectivity index (χ4v) is 2.61. The molecule has 1 aromatic carbocycles. The number of carbonyl (C=O) groups is 1. The van der Waals surface area contributed by atoms with E-state index < -0.39 is 68.1 Å². The van der Waals surface area contributed by atoms with Crippen LogP contribution < -0.4 is 0 Å². The molecule has 0 bridgehead atoms. The number of Topliss-reactive ketones (excluding diaryl/α,β-unsaturated/α-hetero) is 1. The monoisotopic (exact) mass is 554 g/mol. The van der Waals surface area contributed by atoms with E-state index in [4.69, 9.17) is 4.55 Å². The Morgan fingerprint density at radius 3 is 1.41 bits per heavy atom. The molecule has 1 N–H and O–H groups in total. The second-order valence-electron chi connectivity index (χ2n) is 6.28. The SMILES string of the molecule is O=C(c1cccc(S(=O)(=O)O)c1)C(F)(F)C(F)(F)C(F)(F)C(F)(F)C(F)(F)C(F)(F)C(F)(F)F. The third-order valence-electron chi connectivity index (χ3n) is 4.01. The molecule has 4 nitrogen and oxygen atoms in total. The standard InChI is InChI=1S/C14H5F15O4S/c15-8(16,7(30)5-2-1-3-6(4-5)34(31,32)33)9(17,18)10(19,20)11(21,22)12(23,24)13(25,26)14(27,28)29/h1-4H,(H,31,32,33). The minimum absolute atomic E-state index is 0.0380. The van der Waals surface area contributed by atoms with Crippen LogP contribution in [-0.2, 0) is 10.1 Å². The third kappa shape index (κ3) is 4.07. The van der Waals surface area contributed by atoms with E-state index in [1.165, 1.54) is 0 Å². The average molecular weight is 554 g/mol. The lowest BCUT2D eigenvalue weighted by molar-refractivity contribution is -0.449. The first-order valence-corrected chi connectivity index (χ1v) is 9.02. The summed E-state index contributed by atoms with van der Waals surface area (Å²) in [7, 11) is -5.38. The van der Waals surface area contributed by atoms with E-state index in [-0.39, 0.29) is 18.2 Å². The highest BCUT2D eigenvalue weighted by Crippen LogP contribution is 2.62. The van der Waals surface area contributed by atoms with Gasteiger partial charge in [-0.25, -0.2) is 0 Å². The van der Waals surface area contributed by atoms with Crippen molar-refractivity contribution in [2.45, 2.75) is 46.6 Å². The maximum atomic E-state index is 13.9. The first kappa shape index (κ1) is 29.8. The summed E-state index contributed by atoms with van der Waals surface area (Å²) >= 11 is 0. The molecule has 0 saturated carbocycles. The Hall–Kier alpha value is -2.25. The molecule has 1 rings (SSSR count). The zero-order valence-electron chi connectivity index (χ0n) is 15.1. The minimum atomic E-state index is -8.57. The van der Waals surface area contributed by atoms with Gasteiger partial charge in [0.25, 0.3) is 10.1 Å². The zero-order chi connectivity index (χ0) is 27.6. The Morgan fingerprint density at radius 1 is 0.647 bits per heavy atom. The van der Waals surface area contributed by atoms with Crippen molar-refractivity contribution in [2.24, 2.45) is 0 Å². The van der Waals surface area contributed by atoms with Crippen molar-refractivity contribution in [2.75, 3.05) is 0 Å². The number of hydrogen-bond donors (Lipinski definition) is 1. The van der Waals surface area contributed by atoms with E-state index in [2.05, 4.69) is 0 Å². The topological polar surface area (TPSA) is 71.4 Å². The first-order chi connectivity index (χ1) is 14.6. The molecule has 0 aliphatic carbocycles. The number of carbonyl (C=O) groups excluding carboxylic acids is 1. The van der Waals surface area contributed by atoms with Gasteiger partial charge in [0, 0.05) is 5.56 Å². The van der Waals surface area contributed by atoms with Gasteiger partial charge in [-0.05, 0) is 12.1 Å². The molecule has 0 atom stereocenters. The van der Waals surface area contributed by atoms with Crippen molar-refractivity contribution in [3.05, 3.63) is 29.8 Å². The molecule has 0 aromatic heterocycles. The second kappa shape index (κ2) is 7.89. The Kier molecular flexibility index (Phi) is 6.91. The van der Waals surface area contributed by atoms with Crippen LogP contribution in [0.2, 0.25) is 0 Å². The molecule has 0 radical (unpaired) electrons. The predicted molar refractivity (Wildman–Crippen MR) is 76.3 cm³/mol. The van der Waals surface area contributed by atoms with Gasteiger partial charge in [-0.15, -0.1) is 0 Å². The lowest BCUT2D eigenvalue weighted by atomic mass is 9.88. The van der Waals surface area contributed by atoms with Gasteiger partial charge in [0.2, 0.25) is 5.78 Å². The van der Waals surface area contributed by atoms with Gasteiger partial charge in [0.1, 0.15) is 0 Å². The van der Waals surface area contributed by atoms with Gasteiger partial charge in [-0.3, -0.25) is 9.35 Å². The van der Waals surface area contributed by atoms with Crippen molar-refractivity contribution < 1.29 is 83.6 Å². The van der Waals surface area contributed by atoms with E-state index in [1.807, 2.05) is 0 Å². The highest BCUT2D eigenvalue weighted by atomic mass is 32.2. The van der Waals surface area contributed by atoms with Gasteiger partial charge in [0.05, 0.1) is 4.90 Å². The van der Waals surface area contributed by atoms with Crippen molar-refractivity contribution in [3.63, 3.8) is 0 Å². The van der Waals surface area contributed by atoms with E-state index in [0.29, 0.717) is 6.07 Å². The molecule has 0 fully saturated rings. The van der Waals surface area contributed by atoms with Gasteiger partial charge >= 0.3 is 41.7 Å². The lowest BCUT2D eigenvalue weighted by Gasteiger charge is -2.41. The number of hydrogen-bond acceptors (Lipinski definition) is 3. The van der Waals surface area contributed by atoms with Crippen molar-refractivity contribution >= 4 is 15.9 Å². The molecule has 34 heavy (non-hydrogen) atoms. The van der Waals surface area contributed by atoms with Crippen molar-refractivity contribution in [1.29, 1.82) is 0 Å². The van der Waals surface area contributed by atoms with E-state index >= 15 is 0 Å². The molecule has 0 heterocycles. The molecule has 0 amide bonds. The predicted octanol–water partition coefficient (Wildman–Crippen LogP) is 5.49. The number of rotatable bonds is 8. The van der Waals surface area contributed by atoms with Crippen LogP contribution in [0, 0.1) is 0 Å². The minimum Gasteiger partial charge on any atom is -0.287 e. The molecule has 0 unspecified atom stereocenters. The fraction of sp³-hybridized carbons (Fsp3) is 0.500. The van der Waals surface area contributed by atoms with Gasteiger partial charge < -0.3 is 0 Å². The van der Waals surface area contributed by atoms with Crippen LogP contribution in [-0.4, -0.2) is 60.5 Å². The molecule has 0 aliphatic heterocycles. The molecular formula is C14H5F15O4S. The number of halogens is 15. The lowest BCUT2D eigenvalue weighted by Crippen LogP contribution is -2.73. The molecule has 196 valence electrons. The summed E-state index contributed by atoms with van der Waals surface area (Å²) in [5, 5.41) is 0. The quantitative estimate of drug-likeness (QED) is 0.262. The summed E-state index contributed by atoms with van der Waals surface area (Å²) in [5.74, 6) is -52.7. The van der Waals surface area contributed by atoms with Crippen LogP contribution in [0.4, 0.5) is 65.9 Å². The average Bonchev–Trinajstić information content (AvgIpc) is 2.65. The Labute approximate surface area is 177 Å². The summed E-state index contributed by atoms with van der Waals surface area (Å²) in [6, 6.07) is 0.133. The molecule has 20 heteroatoms. The Morgan fingerprint density at radius 2 is 1.03 bits per heavy atom. The maximum Gasteiger partial charge on any atom is 0.460 e. The molecule has 0 spiro atoms. The van der Waals surface area contributed by atoms with Crippen LogP contribution in [0.5, 0.6) is 0 Å². The number of alkyl halides is 15. The fourth-order valence-electron chi connectivity index (χ4n) is 2.09. The van der Waals surface area contributed by atoms with Crippen LogP contribution >= 0.6 is 0 Å². The highest BCUT2D eigenvalue weighted by Gasteiger charge is 2.93. The van der Waals surface area contributed by atoms with Crippen LogP contribution in [0.3, 0.4) is 0 Å². The smallest absolute Gasteiger partial charge is 0.287 e. The number of ketones is 1. The van der Waals surface area contributed by atoms with Crippen LogP contribution in [0.15, 0.2) is 29.2 Å². The normalized spacial score (nSPS) is 15.4. The largest absolute Gasteiger partial charge is 0.460 e. The Bertz CT molecular complexity index is 1060. The van der Waals surface area contributed by atoms with Crippen molar-refractivity contribution in [1.82, 2.24) is 0 Å². The first-order valence-electron chi connectivity index (χ1n) is 7.58. The zero-order valence-corrected chi connectivity index (χ0v) is 15.9. The molecular weight excluding hydrogens is 549 g/mol. The van der Waals surface area contributed by atoms with Gasteiger partial charge in [0.15, 0.2) is 0 Å². The van der Waals surface area contributed by atoms with Gasteiger partial charge in [-0.1, -0.05) is 12.1 Å². The molecule has 0 aliphatic rings. The third-order valence-corrected chi connectivity index (χ3v) is 4.86. The summed E-state index contributed by atoms with van der Waals surface area (Å²) in [5.41, 5.74) is -2.04. The molecule has 0 saturated heterocycles. The Balaban J connectivity index is 3.69. The second-order valence-corrected chi connectivity index (χ2v) is 7.70. The van der Waals surface area contributed by atoms with E-state index in [0.717, 1.165) is 0 Å². The van der Waals surface area contributed by atoms with E-state index in [1.54, 1.807) is 0 Å². The number of benzene rings is 1. The summed E-state index contributed by atoms with van der Waals surface area (Å²) in [4.78, 5) is 10.0. The summed E-state index contributed by atoms with van der Waals surface area (Å²) in [6.45, 7) is 0. The van der Waals surface area contributed by atoms with Crippen molar-refractivity contribution in [3.8, 4) is 0 Å².